The normalized spacial score (nSPS) is 14.2. The van der Waals surface area contributed by atoms with Crippen LogP contribution in [0.15, 0.2) is 22.7 Å². The molecule has 0 atom stereocenters. The first-order chi connectivity index (χ1) is 9.60. The molecule has 0 saturated heterocycles. The summed E-state index contributed by atoms with van der Waals surface area (Å²) in [5, 5.41) is 3.47. The van der Waals surface area contributed by atoms with E-state index in [9.17, 15) is 4.79 Å². The van der Waals surface area contributed by atoms with Gasteiger partial charge in [0.2, 0.25) is 0 Å². The van der Waals surface area contributed by atoms with Crippen molar-refractivity contribution in [2.75, 3.05) is 20.2 Å². The minimum Gasteiger partial charge on any atom is -0.483 e. The number of halogens is 1. The van der Waals surface area contributed by atoms with Crippen LogP contribution in [-0.2, 0) is 11.3 Å². The lowest BCUT2D eigenvalue weighted by Crippen LogP contribution is -2.31. The van der Waals surface area contributed by atoms with Gasteiger partial charge in [0.1, 0.15) is 5.75 Å². The van der Waals surface area contributed by atoms with Gasteiger partial charge in [0.15, 0.2) is 6.61 Å². The van der Waals surface area contributed by atoms with Gasteiger partial charge in [-0.2, -0.15) is 0 Å². The Labute approximate surface area is 128 Å². The molecule has 0 spiro atoms. The van der Waals surface area contributed by atoms with E-state index < -0.39 is 0 Å². The predicted molar refractivity (Wildman–Crippen MR) is 82.8 cm³/mol. The number of rotatable bonds is 7. The lowest BCUT2D eigenvalue weighted by atomic mass is 10.2. The van der Waals surface area contributed by atoms with Gasteiger partial charge in [-0.1, -0.05) is 15.9 Å². The molecule has 0 aromatic heterocycles. The van der Waals surface area contributed by atoms with E-state index in [0.717, 1.165) is 22.3 Å². The van der Waals surface area contributed by atoms with E-state index in [1.165, 1.54) is 12.8 Å². The van der Waals surface area contributed by atoms with Crippen LogP contribution in [0.5, 0.6) is 5.75 Å². The molecule has 1 amide bonds. The number of carbonyl (C=O) groups excluding carboxylic acids is 1. The molecule has 1 aliphatic rings. The first-order valence-corrected chi connectivity index (χ1v) is 7.78. The van der Waals surface area contributed by atoms with Gasteiger partial charge in [-0.3, -0.25) is 4.79 Å². The van der Waals surface area contributed by atoms with Gasteiger partial charge in [0, 0.05) is 36.2 Å². The monoisotopic (exact) mass is 340 g/mol. The molecule has 1 aliphatic carbocycles. The minimum absolute atomic E-state index is 0.00322. The molecule has 4 nitrogen and oxygen atoms in total. The summed E-state index contributed by atoms with van der Waals surface area (Å²) in [5.41, 5.74) is 1.08. The SMILES string of the molecule is CCN(C)C(=O)COc1ccc(Br)cc1CNC1CC1. The third-order valence-electron chi connectivity index (χ3n) is 3.43. The summed E-state index contributed by atoms with van der Waals surface area (Å²) in [5.74, 6) is 0.774. The number of carbonyl (C=O) groups is 1. The topological polar surface area (TPSA) is 41.6 Å². The molecule has 0 aliphatic heterocycles. The van der Waals surface area contributed by atoms with E-state index in [-0.39, 0.29) is 12.5 Å². The van der Waals surface area contributed by atoms with Crippen LogP contribution in [0.1, 0.15) is 25.3 Å². The molecule has 5 heteroatoms. The molecule has 1 aromatic carbocycles. The fraction of sp³-hybridized carbons (Fsp3) is 0.533. The molecule has 0 radical (unpaired) electrons. The quantitative estimate of drug-likeness (QED) is 0.829. The van der Waals surface area contributed by atoms with Gasteiger partial charge in [-0.15, -0.1) is 0 Å². The molecule has 1 fully saturated rings. The number of ether oxygens (including phenoxy) is 1. The Kier molecular flexibility index (Phi) is 5.43. The van der Waals surface area contributed by atoms with Gasteiger partial charge in [0.25, 0.3) is 5.91 Å². The summed E-state index contributed by atoms with van der Waals surface area (Å²) in [6, 6.07) is 6.53. The van der Waals surface area contributed by atoms with Gasteiger partial charge >= 0.3 is 0 Å². The first kappa shape index (κ1) is 15.3. The Morgan fingerprint density at radius 1 is 1.50 bits per heavy atom. The highest BCUT2D eigenvalue weighted by Gasteiger charge is 2.20. The number of nitrogens with one attached hydrogen (secondary N) is 1. The second-order valence-corrected chi connectivity index (χ2v) is 6.02. The van der Waals surface area contributed by atoms with E-state index in [0.29, 0.717) is 12.6 Å². The Bertz CT molecular complexity index is 475. The van der Waals surface area contributed by atoms with Crippen molar-refractivity contribution in [3.05, 3.63) is 28.2 Å². The van der Waals surface area contributed by atoms with Crippen molar-refractivity contribution < 1.29 is 9.53 Å². The van der Waals surface area contributed by atoms with Crippen LogP contribution in [0.4, 0.5) is 0 Å². The maximum absolute atomic E-state index is 11.8. The molecule has 0 heterocycles. The minimum atomic E-state index is -0.00322. The van der Waals surface area contributed by atoms with Crippen molar-refractivity contribution in [2.45, 2.75) is 32.4 Å². The number of amides is 1. The summed E-state index contributed by atoms with van der Waals surface area (Å²) >= 11 is 3.47. The number of nitrogens with zero attached hydrogens (tertiary/aromatic N) is 1. The van der Waals surface area contributed by atoms with Crippen molar-refractivity contribution in [3.8, 4) is 5.75 Å². The van der Waals surface area contributed by atoms with Crippen molar-refractivity contribution in [2.24, 2.45) is 0 Å². The number of hydrogen-bond acceptors (Lipinski definition) is 3. The summed E-state index contributed by atoms with van der Waals surface area (Å²) < 4.78 is 6.70. The highest BCUT2D eigenvalue weighted by atomic mass is 79.9. The van der Waals surface area contributed by atoms with Crippen LogP contribution in [0.3, 0.4) is 0 Å². The largest absolute Gasteiger partial charge is 0.483 e. The highest BCUT2D eigenvalue weighted by Crippen LogP contribution is 2.25. The van der Waals surface area contributed by atoms with Crippen LogP contribution in [-0.4, -0.2) is 37.0 Å². The number of hydrogen-bond donors (Lipinski definition) is 1. The van der Waals surface area contributed by atoms with Gasteiger partial charge in [0.05, 0.1) is 0 Å². The zero-order chi connectivity index (χ0) is 14.5. The fourth-order valence-corrected chi connectivity index (χ4v) is 2.20. The lowest BCUT2D eigenvalue weighted by Gasteiger charge is -2.16. The number of likely N-dealkylation sites (N-methyl/N-ethyl adjacent to an activating group) is 1. The van der Waals surface area contributed by atoms with E-state index >= 15 is 0 Å². The van der Waals surface area contributed by atoms with E-state index in [1.807, 2.05) is 25.1 Å². The smallest absolute Gasteiger partial charge is 0.260 e. The van der Waals surface area contributed by atoms with Gasteiger partial charge in [-0.25, -0.2) is 0 Å². The van der Waals surface area contributed by atoms with E-state index in [1.54, 1.807) is 11.9 Å². The molecule has 110 valence electrons. The van der Waals surface area contributed by atoms with E-state index in [2.05, 4.69) is 21.2 Å². The zero-order valence-electron chi connectivity index (χ0n) is 12.0. The molecular formula is C15H21BrN2O2. The number of benzene rings is 1. The third-order valence-corrected chi connectivity index (χ3v) is 3.93. The molecule has 1 saturated carbocycles. The Morgan fingerprint density at radius 2 is 2.25 bits per heavy atom. The third kappa shape index (κ3) is 4.49. The molecule has 1 aromatic rings. The van der Waals surface area contributed by atoms with E-state index in [4.69, 9.17) is 4.74 Å². The highest BCUT2D eigenvalue weighted by molar-refractivity contribution is 9.10. The van der Waals surface area contributed by atoms with Crippen molar-refractivity contribution in [3.63, 3.8) is 0 Å². The van der Waals surface area contributed by atoms with Crippen molar-refractivity contribution in [1.82, 2.24) is 10.2 Å². The molecule has 1 N–H and O–H groups in total. The van der Waals surface area contributed by atoms with Crippen LogP contribution < -0.4 is 10.1 Å². The second-order valence-electron chi connectivity index (χ2n) is 5.10. The average Bonchev–Trinajstić information content (AvgIpc) is 3.27. The molecule has 0 unspecified atom stereocenters. The Balaban J connectivity index is 1.96. The van der Waals surface area contributed by atoms with Gasteiger partial charge in [-0.05, 0) is 38.0 Å². The van der Waals surface area contributed by atoms with Crippen LogP contribution >= 0.6 is 15.9 Å². The van der Waals surface area contributed by atoms with Crippen LogP contribution in [0, 0.1) is 0 Å². The fourth-order valence-electron chi connectivity index (χ4n) is 1.79. The maximum Gasteiger partial charge on any atom is 0.260 e. The van der Waals surface area contributed by atoms with Crippen LogP contribution in [0.2, 0.25) is 0 Å². The van der Waals surface area contributed by atoms with Crippen molar-refractivity contribution >= 4 is 21.8 Å². The zero-order valence-corrected chi connectivity index (χ0v) is 13.6. The summed E-state index contributed by atoms with van der Waals surface area (Å²) in [7, 11) is 1.78. The Hall–Kier alpha value is -1.07. The van der Waals surface area contributed by atoms with Crippen LogP contribution in [0.25, 0.3) is 0 Å². The lowest BCUT2D eigenvalue weighted by molar-refractivity contribution is -0.131. The van der Waals surface area contributed by atoms with Crippen molar-refractivity contribution in [1.29, 1.82) is 0 Å². The molecule has 2 rings (SSSR count). The summed E-state index contributed by atoms with van der Waals surface area (Å²) in [6.45, 7) is 3.50. The standard InChI is InChI=1S/C15H21BrN2O2/c1-3-18(2)15(19)10-20-14-7-4-12(16)8-11(14)9-17-13-5-6-13/h4,7-8,13,17H,3,5-6,9-10H2,1-2H3. The molecule has 0 bridgehead atoms. The molecular weight excluding hydrogens is 320 g/mol. The first-order valence-electron chi connectivity index (χ1n) is 6.98. The maximum atomic E-state index is 11.8. The summed E-state index contributed by atoms with van der Waals surface area (Å²) in [4.78, 5) is 13.4. The molecule has 20 heavy (non-hydrogen) atoms. The predicted octanol–water partition coefficient (Wildman–Crippen LogP) is 2.56. The average molecular weight is 341 g/mol. The van der Waals surface area contributed by atoms with Gasteiger partial charge < -0.3 is 15.0 Å². The summed E-state index contributed by atoms with van der Waals surface area (Å²) in [6.07, 6.45) is 2.51. The second kappa shape index (κ2) is 7.09. The Morgan fingerprint density at radius 3 is 2.90 bits per heavy atom.